The van der Waals surface area contributed by atoms with Gasteiger partial charge in [-0.05, 0) is 113 Å². The number of nitrogens with two attached hydrogens (primary N) is 4. The van der Waals surface area contributed by atoms with E-state index in [1.54, 1.807) is 13.8 Å². The predicted molar refractivity (Wildman–Crippen MR) is 414 cm³/mol. The van der Waals surface area contributed by atoms with Crippen LogP contribution in [0.25, 0.3) is 0 Å². The Balaban J connectivity index is 1.11. The van der Waals surface area contributed by atoms with E-state index in [1.165, 1.54) is 75.8 Å². The number of carbonyl (C=O) groups excluding carboxylic acids is 17. The number of aromatic nitrogens is 2. The quantitative estimate of drug-likeness (QED) is 0.0250. The van der Waals surface area contributed by atoms with Crippen LogP contribution in [0.2, 0.25) is 0 Å². The van der Waals surface area contributed by atoms with Crippen molar-refractivity contribution in [3.05, 3.63) is 77.9 Å². The van der Waals surface area contributed by atoms with Gasteiger partial charge in [-0.1, -0.05) is 38.1 Å². The van der Waals surface area contributed by atoms with Gasteiger partial charge in [-0.2, -0.15) is 0 Å². The highest BCUT2D eigenvalue weighted by molar-refractivity contribution is 6.02. The summed E-state index contributed by atoms with van der Waals surface area (Å²) in [7, 11) is 0. The van der Waals surface area contributed by atoms with Crippen molar-refractivity contribution in [1.29, 1.82) is 0 Å². The van der Waals surface area contributed by atoms with Crippen molar-refractivity contribution in [3.8, 4) is 11.5 Å². The van der Waals surface area contributed by atoms with Crippen LogP contribution in [0.15, 0.2) is 61.1 Å². The van der Waals surface area contributed by atoms with Crippen LogP contribution in [-0.4, -0.2) is 279 Å². The molecule has 6 rings (SSSR count). The maximum Gasteiger partial charge on any atom is 0.326 e. The molecule has 120 heavy (non-hydrogen) atoms. The van der Waals surface area contributed by atoms with Crippen molar-refractivity contribution in [2.24, 2.45) is 28.9 Å². The van der Waals surface area contributed by atoms with Gasteiger partial charge in [0.1, 0.15) is 90.0 Å². The second-order valence-corrected chi connectivity index (χ2v) is 29.8. The summed E-state index contributed by atoms with van der Waals surface area (Å²) in [5, 5.41) is 74.4. The predicted octanol–water partition coefficient (Wildman–Crippen LogP) is -7.36. The third kappa shape index (κ3) is 29.7. The summed E-state index contributed by atoms with van der Waals surface area (Å²) in [4.78, 5) is 278. The Labute approximate surface area is 686 Å². The SMILES string of the molecule is CC(C)C[C@H](NC(=O)[C@H](Cc1ccc(O)cc1)NC(=O)[C@@H](N)CCC(N)=O)C(=O)N[C@@H](CC(N)=O)C(=O)N1CCC[C@H]1C(=O)N1CCC[C@H]1C(=O)N1CCC[C@H]1C(=O)N[C@@H](Cc1ccc(O)cc1)C(=O)N[C@@H](C)C(=O)N[C@@H](CC(=O)O)C(=O)N[C@@H](Cc1cnc[nH]1)C(=O)NCC(=O)N[C@@H](C)C(=O)N[C@@H](CC(N)=O)C(=O)N[C@@H](CCC(=O)O)C(=O)O. The Kier molecular flexibility index (Phi) is 36.1. The Morgan fingerprint density at radius 1 is 0.450 bits per heavy atom. The Bertz CT molecular complexity index is 4260. The molecule has 0 unspecified atom stereocenters. The number of aromatic amines is 1. The minimum absolute atomic E-state index is 0.00162. The Hall–Kier alpha value is -13.4. The summed E-state index contributed by atoms with van der Waals surface area (Å²) in [5.74, 6) is -21.9. The molecule has 17 amide bonds. The van der Waals surface area contributed by atoms with Crippen molar-refractivity contribution >= 4 is 118 Å². The van der Waals surface area contributed by atoms with Gasteiger partial charge in [-0.3, -0.25) is 91.1 Å². The second kappa shape index (κ2) is 45.4. The molecule has 3 aliphatic rings. The number of phenols is 2. The third-order valence-corrected chi connectivity index (χ3v) is 19.8. The minimum Gasteiger partial charge on any atom is -0.508 e. The number of carboxylic acids is 3. The molecule has 0 radical (unpaired) electrons. The first-order valence-electron chi connectivity index (χ1n) is 38.6. The van der Waals surface area contributed by atoms with Gasteiger partial charge < -0.3 is 127 Å². The summed E-state index contributed by atoms with van der Waals surface area (Å²) in [6.45, 7) is 4.77. The molecule has 45 heteroatoms. The first-order valence-corrected chi connectivity index (χ1v) is 38.6. The number of carbonyl (C=O) groups is 20. The molecule has 0 bridgehead atoms. The number of nitrogens with one attached hydrogen (secondary N) is 12. The maximum absolute atomic E-state index is 14.9. The van der Waals surface area contributed by atoms with Crippen molar-refractivity contribution < 1.29 is 121 Å². The average Bonchev–Trinajstić information content (AvgIpc) is 1.63. The fourth-order valence-corrected chi connectivity index (χ4v) is 13.6. The summed E-state index contributed by atoms with van der Waals surface area (Å²) in [6, 6.07) is -10.4. The van der Waals surface area contributed by atoms with Crippen molar-refractivity contribution in [3.63, 3.8) is 0 Å². The van der Waals surface area contributed by atoms with Gasteiger partial charge in [-0.25, -0.2) is 9.78 Å². The molecule has 2 aromatic carbocycles. The zero-order valence-electron chi connectivity index (χ0n) is 66.3. The summed E-state index contributed by atoms with van der Waals surface area (Å²) >= 11 is 0. The number of imidazole rings is 1. The molecule has 0 saturated carbocycles. The standard InChI is InChI=1S/C75H104N20O25/c1-36(2)26-46(89-68(112)48(28-40-13-17-43(97)18-14-40)88-64(108)44(76)19-21-56(77)98)67(111)92-52(31-58(79)100)72(116)94-24-6-9-54(94)74(118)95-25-7-10-55(95)73(117)93-23-5-8-53(93)71(115)91-47(27-39-11-15-42(96)16-12-39)66(110)84-38(4)63(107)87-51(32-61(104)105)70(114)90-49(29-41-33-80-35-82-41)65(109)81-34-59(101)83-37(3)62(106)86-50(30-57(78)99)69(113)85-45(75(119)120)20-22-60(102)103/h11-18,33,35-38,44-55,96-97H,5-10,19-32,34,76H2,1-4H3,(H2,77,98)(H2,78,99)(H2,79,100)(H,80,82)(H,81,109)(H,83,101)(H,84,110)(H,85,113)(H,86,106)(H,87,107)(H,88,108)(H,89,112)(H,90,114)(H,91,115)(H,92,111)(H,102,103)(H,104,105)(H,119,120)/t37-,38-,44-,45-,46-,47-,48-,49-,50-,51-,52-,53-,54-,55-/m0/s1. The highest BCUT2D eigenvalue weighted by atomic mass is 16.4. The van der Waals surface area contributed by atoms with Crippen LogP contribution in [0.1, 0.15) is 134 Å². The van der Waals surface area contributed by atoms with E-state index in [1.807, 2.05) is 5.32 Å². The van der Waals surface area contributed by atoms with Crippen molar-refractivity contribution in [2.75, 3.05) is 26.2 Å². The number of carboxylic acid groups (broad SMARTS) is 3. The number of amides is 17. The van der Waals surface area contributed by atoms with Gasteiger partial charge in [0.2, 0.25) is 100 Å². The minimum atomic E-state index is -2.00. The molecule has 0 aliphatic carbocycles. The molecule has 3 saturated heterocycles. The first kappa shape index (κ1) is 95.5. The lowest BCUT2D eigenvalue weighted by Gasteiger charge is -2.35. The topological polar surface area (TPSA) is 717 Å². The molecule has 0 spiro atoms. The van der Waals surface area contributed by atoms with Gasteiger partial charge in [0, 0.05) is 63.6 Å². The van der Waals surface area contributed by atoms with E-state index in [-0.39, 0.29) is 107 Å². The first-order chi connectivity index (χ1) is 56.6. The Morgan fingerprint density at radius 3 is 1.39 bits per heavy atom. The molecule has 3 fully saturated rings. The number of H-pyrrole nitrogens is 1. The van der Waals surface area contributed by atoms with E-state index in [0.717, 1.165) is 13.8 Å². The van der Waals surface area contributed by atoms with Gasteiger partial charge in [0.25, 0.3) is 0 Å². The number of likely N-dealkylation sites (tertiary alicyclic amines) is 3. The number of benzene rings is 2. The number of nitrogens with zero attached hydrogens (tertiary/aromatic N) is 4. The van der Waals surface area contributed by atoms with Crippen LogP contribution >= 0.6 is 0 Å². The number of phenolic OH excluding ortho intramolecular Hbond substituents is 2. The number of primary amides is 3. The van der Waals surface area contributed by atoms with Crippen LogP contribution in [0.5, 0.6) is 11.5 Å². The van der Waals surface area contributed by atoms with E-state index >= 15 is 0 Å². The summed E-state index contributed by atoms with van der Waals surface area (Å²) < 4.78 is 0. The molecular weight excluding hydrogens is 1580 g/mol. The molecular formula is C75H104N20O25. The van der Waals surface area contributed by atoms with Gasteiger partial charge in [-0.15, -0.1) is 0 Å². The largest absolute Gasteiger partial charge is 0.508 e. The molecule has 654 valence electrons. The van der Waals surface area contributed by atoms with Crippen LogP contribution in [0, 0.1) is 5.92 Å². The Morgan fingerprint density at radius 2 is 0.883 bits per heavy atom. The van der Waals surface area contributed by atoms with E-state index in [4.69, 9.17) is 28.0 Å². The van der Waals surface area contributed by atoms with Crippen LogP contribution in [0.3, 0.4) is 0 Å². The fourth-order valence-electron chi connectivity index (χ4n) is 13.6. The highest BCUT2D eigenvalue weighted by Gasteiger charge is 2.48. The molecule has 14 atom stereocenters. The lowest BCUT2D eigenvalue weighted by molar-refractivity contribution is -0.151. The summed E-state index contributed by atoms with van der Waals surface area (Å²) in [6.07, 6.45) is -1.88. The van der Waals surface area contributed by atoms with E-state index in [9.17, 15) is 116 Å². The lowest BCUT2D eigenvalue weighted by atomic mass is 10.00. The van der Waals surface area contributed by atoms with Gasteiger partial charge in [0.05, 0.1) is 38.2 Å². The zero-order chi connectivity index (χ0) is 88.9. The monoisotopic (exact) mass is 1680 g/mol. The van der Waals surface area contributed by atoms with Crippen molar-refractivity contribution in [2.45, 2.75) is 221 Å². The number of rotatable bonds is 46. The number of aliphatic carboxylic acids is 3. The number of hydrogen-bond donors (Lipinski definition) is 21. The van der Waals surface area contributed by atoms with Crippen LogP contribution in [-0.2, 0) is 115 Å². The summed E-state index contributed by atoms with van der Waals surface area (Å²) in [5.41, 5.74) is 23.2. The molecule has 1 aromatic heterocycles. The molecule has 3 aliphatic heterocycles. The van der Waals surface area contributed by atoms with E-state index in [0.29, 0.717) is 17.5 Å². The highest BCUT2D eigenvalue weighted by Crippen LogP contribution is 2.30. The second-order valence-electron chi connectivity index (χ2n) is 29.8. The smallest absolute Gasteiger partial charge is 0.326 e. The molecule has 4 heterocycles. The van der Waals surface area contributed by atoms with Gasteiger partial charge in [0.15, 0.2) is 0 Å². The fraction of sp³-hybridized carbons (Fsp3) is 0.533. The third-order valence-electron chi connectivity index (χ3n) is 19.8. The van der Waals surface area contributed by atoms with Crippen LogP contribution < -0.4 is 81.4 Å². The molecule has 25 N–H and O–H groups in total. The zero-order valence-corrected chi connectivity index (χ0v) is 66.3. The molecule has 45 nitrogen and oxygen atoms in total. The normalized spacial score (nSPS) is 17.6. The van der Waals surface area contributed by atoms with Crippen LogP contribution in [0.4, 0.5) is 0 Å². The lowest BCUT2D eigenvalue weighted by Crippen LogP contribution is -2.60. The number of hydrogen-bond acceptors (Lipinski definition) is 24. The molecule has 3 aromatic rings. The number of aromatic hydroxyl groups is 2. The van der Waals surface area contributed by atoms with E-state index < -0.39 is 248 Å². The van der Waals surface area contributed by atoms with E-state index in [2.05, 4.69) is 63.1 Å². The average molecular weight is 1690 g/mol. The van der Waals surface area contributed by atoms with Crippen molar-refractivity contribution in [1.82, 2.24) is 83.2 Å². The maximum atomic E-state index is 14.9. The van der Waals surface area contributed by atoms with Gasteiger partial charge >= 0.3 is 17.9 Å².